The highest BCUT2D eigenvalue weighted by atomic mass is 35.5. The normalized spacial score (nSPS) is 19.0. The van der Waals surface area contributed by atoms with Crippen molar-refractivity contribution in [2.24, 2.45) is 0 Å². The van der Waals surface area contributed by atoms with Gasteiger partial charge in [0.1, 0.15) is 13.2 Å². The van der Waals surface area contributed by atoms with E-state index in [4.69, 9.17) is 9.47 Å². The summed E-state index contributed by atoms with van der Waals surface area (Å²) in [5.41, 5.74) is 1.83. The number of benzene rings is 1. The molecule has 2 aliphatic rings. The summed E-state index contributed by atoms with van der Waals surface area (Å²) < 4.78 is 11.1. The van der Waals surface area contributed by atoms with E-state index in [1.807, 2.05) is 30.5 Å². The van der Waals surface area contributed by atoms with Gasteiger partial charge in [-0.25, -0.2) is 0 Å². The largest absolute Gasteiger partial charge is 0.486 e. The molecule has 1 aromatic heterocycles. The van der Waals surface area contributed by atoms with Crippen LogP contribution in [0.2, 0.25) is 0 Å². The van der Waals surface area contributed by atoms with Crippen LogP contribution in [0.5, 0.6) is 11.5 Å². The van der Waals surface area contributed by atoms with Crippen molar-refractivity contribution >= 4 is 24.0 Å². The molecule has 1 fully saturated rings. The number of ether oxygens (including phenoxy) is 2. The average molecular weight is 391 g/mol. The molecular formula is C19H23ClN4O3. The number of nitrogens with one attached hydrogen (secondary N) is 2. The van der Waals surface area contributed by atoms with Crippen LogP contribution in [0.15, 0.2) is 42.7 Å². The highest BCUT2D eigenvalue weighted by Gasteiger charge is 2.25. The summed E-state index contributed by atoms with van der Waals surface area (Å²) in [5, 5.41) is 6.35. The predicted molar refractivity (Wildman–Crippen MR) is 105 cm³/mol. The Morgan fingerprint density at radius 1 is 1.26 bits per heavy atom. The van der Waals surface area contributed by atoms with E-state index in [9.17, 15) is 4.79 Å². The fraction of sp³-hybridized carbons (Fsp3) is 0.368. The van der Waals surface area contributed by atoms with E-state index < -0.39 is 0 Å². The number of piperazine rings is 1. The van der Waals surface area contributed by atoms with Gasteiger partial charge in [0.15, 0.2) is 11.5 Å². The minimum Gasteiger partial charge on any atom is -0.486 e. The van der Waals surface area contributed by atoms with Crippen LogP contribution in [0.4, 0.5) is 5.69 Å². The number of amides is 1. The number of anilines is 1. The van der Waals surface area contributed by atoms with Crippen molar-refractivity contribution in [3.05, 3.63) is 48.3 Å². The Bertz CT molecular complexity index is 775. The molecule has 4 rings (SSSR count). The van der Waals surface area contributed by atoms with Crippen molar-refractivity contribution < 1.29 is 14.3 Å². The zero-order chi connectivity index (χ0) is 17.8. The fourth-order valence-electron chi connectivity index (χ4n) is 3.34. The molecule has 27 heavy (non-hydrogen) atoms. The Morgan fingerprint density at radius 2 is 2.11 bits per heavy atom. The highest BCUT2D eigenvalue weighted by molar-refractivity contribution is 5.92. The molecule has 144 valence electrons. The molecule has 2 aromatic rings. The number of rotatable bonds is 4. The number of halogens is 1. The van der Waals surface area contributed by atoms with Gasteiger partial charge in [0.2, 0.25) is 5.91 Å². The van der Waals surface area contributed by atoms with Gasteiger partial charge in [0.05, 0.1) is 6.54 Å². The SMILES string of the molecule is Cl.O=C(CN1CCNCC1c1cccnc1)Nc1ccc2c(c1)OCCO2. The first kappa shape index (κ1) is 19.4. The lowest BCUT2D eigenvalue weighted by molar-refractivity contribution is -0.118. The average Bonchev–Trinajstić information content (AvgIpc) is 2.69. The Labute approximate surface area is 164 Å². The number of carbonyl (C=O) groups is 1. The Hall–Kier alpha value is -2.35. The lowest BCUT2D eigenvalue weighted by Crippen LogP contribution is -2.48. The number of nitrogens with zero attached hydrogens (tertiary/aromatic N) is 2. The van der Waals surface area contributed by atoms with E-state index in [0.717, 1.165) is 25.2 Å². The van der Waals surface area contributed by atoms with Gasteiger partial charge in [0, 0.05) is 49.8 Å². The minimum absolute atomic E-state index is 0. The molecule has 0 aliphatic carbocycles. The Morgan fingerprint density at radius 3 is 2.93 bits per heavy atom. The second kappa shape index (κ2) is 9.03. The summed E-state index contributed by atoms with van der Waals surface area (Å²) in [5.74, 6) is 1.34. The van der Waals surface area contributed by atoms with Crippen LogP contribution in [0.3, 0.4) is 0 Å². The maximum Gasteiger partial charge on any atom is 0.238 e. The molecule has 0 spiro atoms. The molecule has 1 saturated heterocycles. The van der Waals surface area contributed by atoms with Gasteiger partial charge in [-0.15, -0.1) is 12.4 Å². The molecular weight excluding hydrogens is 368 g/mol. The zero-order valence-corrected chi connectivity index (χ0v) is 15.7. The van der Waals surface area contributed by atoms with Crippen LogP contribution in [0.25, 0.3) is 0 Å². The number of aromatic nitrogens is 1. The number of hydrogen-bond acceptors (Lipinski definition) is 6. The van der Waals surface area contributed by atoms with Gasteiger partial charge in [-0.3, -0.25) is 14.7 Å². The van der Waals surface area contributed by atoms with Gasteiger partial charge in [-0.05, 0) is 23.8 Å². The second-order valence-corrected chi connectivity index (χ2v) is 6.38. The standard InChI is InChI=1S/C19H22N4O3.ClH/c24-19(22-15-3-4-17-18(10-15)26-9-8-25-17)13-23-7-6-21-12-16(23)14-2-1-5-20-11-14;/h1-5,10-11,16,21H,6-9,12-13H2,(H,22,24);1H. The molecule has 0 radical (unpaired) electrons. The molecule has 1 aromatic carbocycles. The molecule has 8 heteroatoms. The molecule has 2 aliphatic heterocycles. The van der Waals surface area contributed by atoms with Crippen LogP contribution in [-0.2, 0) is 4.79 Å². The zero-order valence-electron chi connectivity index (χ0n) is 14.9. The third-order valence-corrected chi connectivity index (χ3v) is 4.60. The fourth-order valence-corrected chi connectivity index (χ4v) is 3.34. The topological polar surface area (TPSA) is 75.7 Å². The summed E-state index contributed by atoms with van der Waals surface area (Å²) in [6.07, 6.45) is 3.63. The molecule has 1 unspecified atom stereocenters. The first-order valence-corrected chi connectivity index (χ1v) is 8.84. The van der Waals surface area contributed by atoms with Crippen LogP contribution >= 0.6 is 12.4 Å². The van der Waals surface area contributed by atoms with Gasteiger partial charge in [-0.2, -0.15) is 0 Å². The third kappa shape index (κ3) is 4.68. The van der Waals surface area contributed by atoms with E-state index in [0.29, 0.717) is 36.9 Å². The van der Waals surface area contributed by atoms with Crippen LogP contribution in [0, 0.1) is 0 Å². The number of pyridine rings is 1. The van der Waals surface area contributed by atoms with Crippen LogP contribution in [-0.4, -0.2) is 55.2 Å². The molecule has 2 N–H and O–H groups in total. The van der Waals surface area contributed by atoms with Crippen molar-refractivity contribution in [1.29, 1.82) is 0 Å². The van der Waals surface area contributed by atoms with Crippen molar-refractivity contribution in [2.75, 3.05) is 44.7 Å². The number of carbonyl (C=O) groups excluding carboxylic acids is 1. The predicted octanol–water partition coefficient (Wildman–Crippen LogP) is 1.86. The number of hydrogen-bond donors (Lipinski definition) is 2. The first-order valence-electron chi connectivity index (χ1n) is 8.84. The molecule has 1 atom stereocenters. The summed E-state index contributed by atoms with van der Waals surface area (Å²) in [4.78, 5) is 18.9. The lowest BCUT2D eigenvalue weighted by Gasteiger charge is -2.35. The number of fused-ring (bicyclic) bond motifs is 1. The monoisotopic (exact) mass is 390 g/mol. The maximum atomic E-state index is 12.6. The molecule has 0 saturated carbocycles. The summed E-state index contributed by atoms with van der Waals surface area (Å²) in [6, 6.07) is 9.59. The van der Waals surface area contributed by atoms with Gasteiger partial charge >= 0.3 is 0 Å². The van der Waals surface area contributed by atoms with Crippen LogP contribution < -0.4 is 20.1 Å². The van der Waals surface area contributed by atoms with E-state index >= 15 is 0 Å². The van der Waals surface area contributed by atoms with Gasteiger partial charge in [0.25, 0.3) is 0 Å². The first-order chi connectivity index (χ1) is 12.8. The van der Waals surface area contributed by atoms with Crippen molar-refractivity contribution in [1.82, 2.24) is 15.2 Å². The van der Waals surface area contributed by atoms with E-state index in [2.05, 4.69) is 26.6 Å². The summed E-state index contributed by atoms with van der Waals surface area (Å²) in [6.45, 7) is 3.90. The van der Waals surface area contributed by atoms with Crippen molar-refractivity contribution in [3.8, 4) is 11.5 Å². The van der Waals surface area contributed by atoms with Gasteiger partial charge < -0.3 is 20.1 Å². The summed E-state index contributed by atoms with van der Waals surface area (Å²) >= 11 is 0. The molecule has 7 nitrogen and oxygen atoms in total. The Kier molecular flexibility index (Phi) is 6.49. The third-order valence-electron chi connectivity index (χ3n) is 4.60. The molecule has 1 amide bonds. The van der Waals surface area contributed by atoms with Gasteiger partial charge in [-0.1, -0.05) is 6.07 Å². The molecule has 0 bridgehead atoms. The molecule has 3 heterocycles. The van der Waals surface area contributed by atoms with E-state index in [1.54, 1.807) is 6.20 Å². The van der Waals surface area contributed by atoms with E-state index in [-0.39, 0.29) is 24.4 Å². The van der Waals surface area contributed by atoms with E-state index in [1.165, 1.54) is 0 Å². The maximum absolute atomic E-state index is 12.6. The summed E-state index contributed by atoms with van der Waals surface area (Å²) in [7, 11) is 0. The lowest BCUT2D eigenvalue weighted by atomic mass is 10.1. The van der Waals surface area contributed by atoms with Crippen molar-refractivity contribution in [3.63, 3.8) is 0 Å². The van der Waals surface area contributed by atoms with Crippen LogP contribution in [0.1, 0.15) is 11.6 Å². The highest BCUT2D eigenvalue weighted by Crippen LogP contribution is 2.32. The minimum atomic E-state index is -0.0440. The quantitative estimate of drug-likeness (QED) is 0.830. The second-order valence-electron chi connectivity index (χ2n) is 6.38. The smallest absolute Gasteiger partial charge is 0.238 e. The van der Waals surface area contributed by atoms with Crippen molar-refractivity contribution in [2.45, 2.75) is 6.04 Å². The Balaban J connectivity index is 0.00000210.